The summed E-state index contributed by atoms with van der Waals surface area (Å²) in [7, 11) is 0. The Labute approximate surface area is 128 Å². The van der Waals surface area contributed by atoms with Gasteiger partial charge in [-0.1, -0.05) is 40.2 Å². The fraction of sp³-hybridized carbons (Fsp3) is 0.294. The van der Waals surface area contributed by atoms with E-state index in [-0.39, 0.29) is 0 Å². The summed E-state index contributed by atoms with van der Waals surface area (Å²) in [5, 5.41) is 13.4. The highest BCUT2D eigenvalue weighted by atomic mass is 79.9. The van der Waals surface area contributed by atoms with Gasteiger partial charge in [0.1, 0.15) is 5.75 Å². The minimum absolute atomic E-state index is 0.358. The molecule has 1 atom stereocenters. The third-order valence-electron chi connectivity index (χ3n) is 3.97. The highest BCUT2D eigenvalue weighted by Crippen LogP contribution is 2.24. The smallest absolute Gasteiger partial charge is 0.120 e. The van der Waals surface area contributed by atoms with Crippen molar-refractivity contribution in [2.75, 3.05) is 0 Å². The van der Waals surface area contributed by atoms with E-state index in [0.717, 1.165) is 29.3 Å². The lowest BCUT2D eigenvalue weighted by Crippen LogP contribution is -2.34. The van der Waals surface area contributed by atoms with Crippen LogP contribution in [0.15, 0.2) is 46.9 Å². The molecule has 2 nitrogen and oxygen atoms in total. The molecule has 1 aliphatic carbocycles. The van der Waals surface area contributed by atoms with Crippen LogP contribution in [0.5, 0.6) is 5.75 Å². The van der Waals surface area contributed by atoms with Crippen molar-refractivity contribution in [2.24, 2.45) is 0 Å². The summed E-state index contributed by atoms with van der Waals surface area (Å²) in [5.74, 6) is 0.358. The normalized spacial score (nSPS) is 17.8. The maximum atomic E-state index is 9.86. The summed E-state index contributed by atoms with van der Waals surface area (Å²) in [5.41, 5.74) is 3.88. The van der Waals surface area contributed by atoms with Crippen LogP contribution in [0.1, 0.15) is 23.1 Å². The molecule has 0 fully saturated rings. The van der Waals surface area contributed by atoms with E-state index in [2.05, 4.69) is 45.5 Å². The van der Waals surface area contributed by atoms with Gasteiger partial charge < -0.3 is 10.4 Å². The molecule has 0 saturated carbocycles. The molecule has 0 aromatic heterocycles. The zero-order valence-electron chi connectivity index (χ0n) is 11.3. The summed E-state index contributed by atoms with van der Waals surface area (Å²) in [4.78, 5) is 0. The topological polar surface area (TPSA) is 32.3 Å². The standard InChI is InChI=1S/C17H18BrNO/c18-15-6-8-17(20)14(9-15)11-19-16-7-5-12-3-1-2-4-13(12)10-16/h1-4,6,8-9,16,19-20H,5,7,10-11H2. The Morgan fingerprint density at radius 3 is 2.80 bits per heavy atom. The number of benzene rings is 2. The van der Waals surface area contributed by atoms with Crippen LogP contribution in [0.2, 0.25) is 0 Å². The van der Waals surface area contributed by atoms with Gasteiger partial charge in [0.25, 0.3) is 0 Å². The highest BCUT2D eigenvalue weighted by molar-refractivity contribution is 9.10. The predicted octanol–water partition coefficient (Wildman–Crippen LogP) is 3.80. The molecule has 1 aliphatic rings. The number of hydrogen-bond acceptors (Lipinski definition) is 2. The second-order valence-corrected chi connectivity index (χ2v) is 6.28. The first-order chi connectivity index (χ1) is 9.72. The van der Waals surface area contributed by atoms with Crippen molar-refractivity contribution in [1.82, 2.24) is 5.32 Å². The average Bonchev–Trinajstić information content (AvgIpc) is 2.48. The van der Waals surface area contributed by atoms with Crippen LogP contribution in [0, 0.1) is 0 Å². The van der Waals surface area contributed by atoms with Crippen LogP contribution in [-0.4, -0.2) is 11.1 Å². The molecular formula is C17H18BrNO. The minimum atomic E-state index is 0.358. The van der Waals surface area contributed by atoms with Gasteiger partial charge in [0.15, 0.2) is 0 Å². The fourth-order valence-electron chi connectivity index (χ4n) is 2.82. The largest absolute Gasteiger partial charge is 0.508 e. The summed E-state index contributed by atoms with van der Waals surface area (Å²) in [6.07, 6.45) is 3.37. The van der Waals surface area contributed by atoms with E-state index >= 15 is 0 Å². The molecule has 3 rings (SSSR count). The highest BCUT2D eigenvalue weighted by Gasteiger charge is 2.17. The van der Waals surface area contributed by atoms with Gasteiger partial charge in [0.2, 0.25) is 0 Å². The number of hydrogen-bond donors (Lipinski definition) is 2. The molecule has 0 saturated heterocycles. The van der Waals surface area contributed by atoms with E-state index in [1.165, 1.54) is 11.1 Å². The molecule has 0 heterocycles. The molecule has 2 N–H and O–H groups in total. The Kier molecular flexibility index (Phi) is 4.08. The van der Waals surface area contributed by atoms with Crippen molar-refractivity contribution >= 4 is 15.9 Å². The monoisotopic (exact) mass is 331 g/mol. The lowest BCUT2D eigenvalue weighted by atomic mass is 9.88. The third-order valence-corrected chi connectivity index (χ3v) is 4.46. The van der Waals surface area contributed by atoms with Gasteiger partial charge in [-0.25, -0.2) is 0 Å². The first-order valence-electron chi connectivity index (χ1n) is 7.00. The summed E-state index contributed by atoms with van der Waals surface area (Å²) < 4.78 is 1.00. The minimum Gasteiger partial charge on any atom is -0.508 e. The first-order valence-corrected chi connectivity index (χ1v) is 7.79. The Bertz CT molecular complexity index is 612. The van der Waals surface area contributed by atoms with Crippen molar-refractivity contribution in [3.63, 3.8) is 0 Å². The number of phenols is 1. The van der Waals surface area contributed by atoms with Crippen LogP contribution in [0.3, 0.4) is 0 Å². The van der Waals surface area contributed by atoms with Gasteiger partial charge in [-0.15, -0.1) is 0 Å². The Morgan fingerprint density at radius 1 is 1.15 bits per heavy atom. The Morgan fingerprint density at radius 2 is 1.95 bits per heavy atom. The first kappa shape index (κ1) is 13.7. The van der Waals surface area contributed by atoms with E-state index in [4.69, 9.17) is 0 Å². The van der Waals surface area contributed by atoms with Crippen LogP contribution < -0.4 is 5.32 Å². The molecule has 0 aliphatic heterocycles. The molecule has 1 unspecified atom stereocenters. The third kappa shape index (κ3) is 3.05. The lowest BCUT2D eigenvalue weighted by molar-refractivity contribution is 0.437. The van der Waals surface area contributed by atoms with Crippen molar-refractivity contribution in [3.8, 4) is 5.75 Å². The number of nitrogens with one attached hydrogen (secondary N) is 1. The molecular weight excluding hydrogens is 314 g/mol. The summed E-state index contributed by atoms with van der Waals surface area (Å²) in [6, 6.07) is 14.7. The number of rotatable bonds is 3. The van der Waals surface area contributed by atoms with Crippen LogP contribution in [-0.2, 0) is 19.4 Å². The number of fused-ring (bicyclic) bond motifs is 1. The number of aromatic hydroxyl groups is 1. The van der Waals surface area contributed by atoms with Crippen LogP contribution in [0.25, 0.3) is 0 Å². The molecule has 20 heavy (non-hydrogen) atoms. The fourth-order valence-corrected chi connectivity index (χ4v) is 3.23. The molecule has 104 valence electrons. The van der Waals surface area contributed by atoms with Gasteiger partial charge in [-0.3, -0.25) is 0 Å². The van der Waals surface area contributed by atoms with Gasteiger partial charge >= 0.3 is 0 Å². The zero-order chi connectivity index (χ0) is 13.9. The maximum Gasteiger partial charge on any atom is 0.120 e. The van der Waals surface area contributed by atoms with Crippen LogP contribution >= 0.6 is 15.9 Å². The van der Waals surface area contributed by atoms with E-state index in [1.54, 1.807) is 6.07 Å². The van der Waals surface area contributed by atoms with E-state index in [9.17, 15) is 5.11 Å². The van der Waals surface area contributed by atoms with Crippen molar-refractivity contribution in [1.29, 1.82) is 0 Å². The second kappa shape index (κ2) is 5.98. The molecule has 2 aromatic rings. The molecule has 0 bridgehead atoms. The van der Waals surface area contributed by atoms with Crippen molar-refractivity contribution < 1.29 is 5.11 Å². The Balaban J connectivity index is 1.64. The second-order valence-electron chi connectivity index (χ2n) is 5.36. The molecule has 0 amide bonds. The molecule has 0 radical (unpaired) electrons. The molecule has 2 aromatic carbocycles. The molecule has 0 spiro atoms. The van der Waals surface area contributed by atoms with Crippen molar-refractivity contribution in [3.05, 3.63) is 63.6 Å². The van der Waals surface area contributed by atoms with Gasteiger partial charge in [0, 0.05) is 22.6 Å². The number of halogens is 1. The zero-order valence-corrected chi connectivity index (χ0v) is 12.9. The Hall–Kier alpha value is -1.32. The van der Waals surface area contributed by atoms with E-state index in [1.807, 2.05) is 12.1 Å². The van der Waals surface area contributed by atoms with Crippen LogP contribution in [0.4, 0.5) is 0 Å². The summed E-state index contributed by atoms with van der Waals surface area (Å²) in [6.45, 7) is 0.706. The van der Waals surface area contributed by atoms with Gasteiger partial charge in [-0.2, -0.15) is 0 Å². The lowest BCUT2D eigenvalue weighted by Gasteiger charge is -2.25. The van der Waals surface area contributed by atoms with E-state index < -0.39 is 0 Å². The van der Waals surface area contributed by atoms with Gasteiger partial charge in [0.05, 0.1) is 0 Å². The maximum absolute atomic E-state index is 9.86. The summed E-state index contributed by atoms with van der Waals surface area (Å²) >= 11 is 3.44. The average molecular weight is 332 g/mol. The van der Waals surface area contributed by atoms with Crippen molar-refractivity contribution in [2.45, 2.75) is 31.8 Å². The number of aryl methyl sites for hydroxylation is 1. The predicted molar refractivity (Wildman–Crippen MR) is 84.9 cm³/mol. The number of phenolic OH excluding ortho intramolecular Hbond substituents is 1. The SMILES string of the molecule is Oc1ccc(Br)cc1CNC1CCc2ccccc2C1. The van der Waals surface area contributed by atoms with E-state index in [0.29, 0.717) is 18.3 Å². The quantitative estimate of drug-likeness (QED) is 0.896. The molecule has 3 heteroatoms. The van der Waals surface area contributed by atoms with Gasteiger partial charge in [-0.05, 0) is 48.6 Å².